The maximum absolute atomic E-state index is 11.8. The zero-order chi connectivity index (χ0) is 22.6. The number of carbonyl (C=O) groups excluding carboxylic acids is 1. The molecule has 1 aromatic carbocycles. The number of hydrogen-bond acceptors (Lipinski definition) is 5. The second kappa shape index (κ2) is 13.4. The Morgan fingerprint density at radius 3 is 2.84 bits per heavy atom. The smallest absolute Gasteiger partial charge is 0.220 e. The first kappa shape index (κ1) is 24.5. The quantitative estimate of drug-likeness (QED) is 0.468. The molecule has 6 heteroatoms. The molecule has 0 saturated carbocycles. The van der Waals surface area contributed by atoms with Gasteiger partial charge in [0.05, 0.1) is 0 Å². The molecular formula is C26H39N3O3. The van der Waals surface area contributed by atoms with Crippen LogP contribution in [0.5, 0.6) is 5.75 Å². The van der Waals surface area contributed by atoms with E-state index in [4.69, 9.17) is 9.47 Å². The highest BCUT2D eigenvalue weighted by atomic mass is 16.5. The fourth-order valence-corrected chi connectivity index (χ4v) is 4.28. The zero-order valence-corrected chi connectivity index (χ0v) is 19.8. The monoisotopic (exact) mass is 441 g/mol. The number of rotatable bonds is 13. The number of aromatic nitrogens is 1. The number of fused-ring (bicyclic) bond motifs is 1. The van der Waals surface area contributed by atoms with Crippen molar-refractivity contribution in [1.29, 1.82) is 0 Å². The van der Waals surface area contributed by atoms with Crippen molar-refractivity contribution < 1.29 is 14.3 Å². The minimum Gasteiger partial charge on any atom is -0.488 e. The molecule has 1 aromatic heterocycles. The normalized spacial score (nSPS) is 15.2. The first-order chi connectivity index (χ1) is 15.7. The minimum absolute atomic E-state index is 0.110. The van der Waals surface area contributed by atoms with Gasteiger partial charge in [-0.1, -0.05) is 25.8 Å². The van der Waals surface area contributed by atoms with Crippen molar-refractivity contribution in [2.24, 2.45) is 0 Å². The average molecular weight is 442 g/mol. The van der Waals surface area contributed by atoms with Crippen LogP contribution in [0.3, 0.4) is 0 Å². The van der Waals surface area contributed by atoms with Crippen LogP contribution in [0.1, 0.15) is 57.4 Å². The molecule has 176 valence electrons. The van der Waals surface area contributed by atoms with Crippen LogP contribution in [0, 0.1) is 0 Å². The molecule has 1 N–H and O–H groups in total. The van der Waals surface area contributed by atoms with Crippen molar-refractivity contribution in [1.82, 2.24) is 15.2 Å². The van der Waals surface area contributed by atoms with Crippen molar-refractivity contribution in [3.8, 4) is 5.75 Å². The van der Waals surface area contributed by atoms with Gasteiger partial charge in [-0.15, -0.1) is 0 Å². The number of nitrogens with one attached hydrogen (secondary N) is 1. The molecule has 6 nitrogen and oxygen atoms in total. The van der Waals surface area contributed by atoms with Crippen molar-refractivity contribution in [3.05, 3.63) is 36.0 Å². The summed E-state index contributed by atoms with van der Waals surface area (Å²) < 4.78 is 11.5. The third kappa shape index (κ3) is 7.75. The summed E-state index contributed by atoms with van der Waals surface area (Å²) in [6, 6.07) is 8.59. The Morgan fingerprint density at radius 2 is 2.06 bits per heavy atom. The molecule has 0 spiro atoms. The molecule has 0 aliphatic carbocycles. The van der Waals surface area contributed by atoms with E-state index in [0.717, 1.165) is 62.0 Å². The maximum atomic E-state index is 11.8. The Hall–Kier alpha value is -2.18. The van der Waals surface area contributed by atoms with Crippen LogP contribution in [0.4, 0.5) is 0 Å². The molecule has 2 heterocycles. The topological polar surface area (TPSA) is 63.7 Å². The van der Waals surface area contributed by atoms with Gasteiger partial charge < -0.3 is 19.7 Å². The number of methoxy groups -OCH3 is 1. The molecule has 1 saturated heterocycles. The lowest BCUT2D eigenvalue weighted by atomic mass is 10.0. The fraction of sp³-hybridized carbons (Fsp3) is 0.615. The molecule has 1 fully saturated rings. The van der Waals surface area contributed by atoms with E-state index in [0.29, 0.717) is 19.6 Å². The number of likely N-dealkylation sites (tertiary alicyclic amines) is 1. The lowest BCUT2D eigenvalue weighted by Gasteiger charge is -2.32. The van der Waals surface area contributed by atoms with Crippen molar-refractivity contribution in [3.63, 3.8) is 0 Å². The Kier molecular flexibility index (Phi) is 10.2. The molecule has 3 rings (SSSR count). The molecule has 1 aliphatic heterocycles. The number of amides is 1. The summed E-state index contributed by atoms with van der Waals surface area (Å²) in [6.45, 7) is 6.44. The second-order valence-corrected chi connectivity index (χ2v) is 8.73. The Balaban J connectivity index is 1.47. The number of benzene rings is 1. The Bertz CT molecular complexity index is 834. The third-order valence-corrected chi connectivity index (χ3v) is 6.13. The number of unbranched alkanes of at least 4 members (excludes halogenated alkanes) is 2. The lowest BCUT2D eigenvalue weighted by molar-refractivity contribution is -0.121. The van der Waals surface area contributed by atoms with Gasteiger partial charge in [0, 0.05) is 57.9 Å². The molecule has 0 atom stereocenters. The SMILES string of the molecule is CCCCCc1cc(OC2CCN(CCNC(=O)CCCOC)CC2)c2ncccc2c1. The van der Waals surface area contributed by atoms with Crippen LogP contribution >= 0.6 is 0 Å². The van der Waals surface area contributed by atoms with Crippen LogP contribution in [0.15, 0.2) is 30.5 Å². The average Bonchev–Trinajstić information content (AvgIpc) is 2.81. The number of carbonyl (C=O) groups is 1. The summed E-state index contributed by atoms with van der Waals surface area (Å²) in [7, 11) is 1.66. The Morgan fingerprint density at radius 1 is 1.22 bits per heavy atom. The van der Waals surface area contributed by atoms with E-state index in [1.165, 1.54) is 24.8 Å². The summed E-state index contributed by atoms with van der Waals surface area (Å²) in [6.07, 6.45) is 10.1. The highest BCUT2D eigenvalue weighted by Crippen LogP contribution is 2.29. The number of hydrogen-bond donors (Lipinski definition) is 1. The first-order valence-electron chi connectivity index (χ1n) is 12.2. The largest absolute Gasteiger partial charge is 0.488 e. The zero-order valence-electron chi connectivity index (χ0n) is 19.8. The van der Waals surface area contributed by atoms with Crippen molar-refractivity contribution >= 4 is 16.8 Å². The number of nitrogens with zero attached hydrogens (tertiary/aromatic N) is 2. The van der Waals surface area contributed by atoms with E-state index in [2.05, 4.69) is 40.3 Å². The number of piperidine rings is 1. The predicted molar refractivity (Wildman–Crippen MR) is 129 cm³/mol. The van der Waals surface area contributed by atoms with Crippen LogP contribution in [-0.4, -0.2) is 61.8 Å². The van der Waals surface area contributed by atoms with E-state index in [9.17, 15) is 4.79 Å². The summed E-state index contributed by atoms with van der Waals surface area (Å²) in [5, 5.41) is 4.17. The minimum atomic E-state index is 0.110. The first-order valence-corrected chi connectivity index (χ1v) is 12.2. The van der Waals surface area contributed by atoms with E-state index in [1.54, 1.807) is 7.11 Å². The van der Waals surface area contributed by atoms with Gasteiger partial charge in [0.15, 0.2) is 0 Å². The molecule has 1 aliphatic rings. The molecule has 32 heavy (non-hydrogen) atoms. The van der Waals surface area contributed by atoms with Gasteiger partial charge in [0.2, 0.25) is 5.91 Å². The highest BCUT2D eigenvalue weighted by molar-refractivity contribution is 5.85. The van der Waals surface area contributed by atoms with Crippen LogP contribution in [0.25, 0.3) is 10.9 Å². The molecular weight excluding hydrogens is 402 g/mol. The molecule has 1 amide bonds. The highest BCUT2D eigenvalue weighted by Gasteiger charge is 2.21. The summed E-state index contributed by atoms with van der Waals surface area (Å²) in [5.41, 5.74) is 2.30. The van der Waals surface area contributed by atoms with Crippen LogP contribution < -0.4 is 10.1 Å². The van der Waals surface area contributed by atoms with Crippen molar-refractivity contribution in [2.45, 2.75) is 64.4 Å². The van der Waals surface area contributed by atoms with E-state index < -0.39 is 0 Å². The lowest BCUT2D eigenvalue weighted by Crippen LogP contribution is -2.42. The standard InChI is InChI=1S/C26H39N3O3/c1-3-4-5-8-21-19-22-9-6-13-28-26(22)24(20-21)32-23-11-15-29(16-12-23)17-14-27-25(30)10-7-18-31-2/h6,9,13,19-20,23H,3-5,7-8,10-12,14-18H2,1-2H3,(H,27,30). The van der Waals surface area contributed by atoms with Gasteiger partial charge in [-0.3, -0.25) is 9.78 Å². The third-order valence-electron chi connectivity index (χ3n) is 6.13. The van der Waals surface area contributed by atoms with Gasteiger partial charge in [-0.25, -0.2) is 0 Å². The molecule has 0 radical (unpaired) electrons. The van der Waals surface area contributed by atoms with Gasteiger partial charge in [0.25, 0.3) is 0 Å². The summed E-state index contributed by atoms with van der Waals surface area (Å²) in [4.78, 5) is 18.8. The van der Waals surface area contributed by atoms with E-state index in [-0.39, 0.29) is 12.0 Å². The van der Waals surface area contributed by atoms with E-state index in [1.807, 2.05) is 12.3 Å². The second-order valence-electron chi connectivity index (χ2n) is 8.73. The number of ether oxygens (including phenoxy) is 2. The van der Waals surface area contributed by atoms with Crippen LogP contribution in [0.2, 0.25) is 0 Å². The van der Waals surface area contributed by atoms with Gasteiger partial charge >= 0.3 is 0 Å². The maximum Gasteiger partial charge on any atom is 0.220 e. The number of aryl methyl sites for hydroxylation is 1. The predicted octanol–water partition coefficient (Wildman–Crippen LogP) is 4.35. The van der Waals surface area contributed by atoms with Gasteiger partial charge in [-0.05, 0) is 55.9 Å². The Labute approximate surface area is 192 Å². The summed E-state index contributed by atoms with van der Waals surface area (Å²) in [5.74, 6) is 1.04. The fourth-order valence-electron chi connectivity index (χ4n) is 4.28. The summed E-state index contributed by atoms with van der Waals surface area (Å²) >= 11 is 0. The van der Waals surface area contributed by atoms with Crippen LogP contribution in [-0.2, 0) is 16.0 Å². The van der Waals surface area contributed by atoms with Gasteiger partial charge in [0.1, 0.15) is 17.4 Å². The number of pyridine rings is 1. The van der Waals surface area contributed by atoms with Gasteiger partial charge in [-0.2, -0.15) is 0 Å². The molecule has 0 bridgehead atoms. The van der Waals surface area contributed by atoms with E-state index >= 15 is 0 Å². The molecule has 2 aromatic rings. The van der Waals surface area contributed by atoms with Crippen molar-refractivity contribution in [2.75, 3.05) is 39.9 Å². The molecule has 0 unspecified atom stereocenters.